The Morgan fingerprint density at radius 2 is 2.16 bits per heavy atom. The summed E-state index contributed by atoms with van der Waals surface area (Å²) in [6.07, 6.45) is 1.79. The van der Waals surface area contributed by atoms with Gasteiger partial charge in [0.1, 0.15) is 5.75 Å². The fourth-order valence-corrected chi connectivity index (χ4v) is 2.82. The Bertz CT molecular complexity index is 539. The van der Waals surface area contributed by atoms with E-state index in [2.05, 4.69) is 15.2 Å². The fraction of sp³-hybridized carbons (Fsp3) is 0.588. The zero-order valence-corrected chi connectivity index (χ0v) is 17.8. The number of nitrogens with one attached hydrogen (secondary N) is 1. The van der Waals surface area contributed by atoms with Crippen LogP contribution in [0.5, 0.6) is 5.75 Å². The van der Waals surface area contributed by atoms with Crippen molar-refractivity contribution in [3.8, 4) is 5.75 Å². The van der Waals surface area contributed by atoms with E-state index < -0.39 is 0 Å². The van der Waals surface area contributed by atoms with Gasteiger partial charge in [-0.1, -0.05) is 17.7 Å². The summed E-state index contributed by atoms with van der Waals surface area (Å²) < 4.78 is 10.5. The summed E-state index contributed by atoms with van der Waals surface area (Å²) >= 11 is 6.22. The molecule has 0 bridgehead atoms. The van der Waals surface area contributed by atoms with Gasteiger partial charge in [-0.15, -0.1) is 24.0 Å². The second-order valence-electron chi connectivity index (χ2n) is 5.71. The largest absolute Gasteiger partial charge is 0.497 e. The summed E-state index contributed by atoms with van der Waals surface area (Å²) in [5.74, 6) is 1.25. The Morgan fingerprint density at radius 3 is 2.84 bits per heavy atom. The molecule has 1 aromatic rings. The van der Waals surface area contributed by atoms with Crippen LogP contribution in [0.15, 0.2) is 23.2 Å². The maximum atomic E-state index is 6.22. The topological polar surface area (TPSA) is 72.1 Å². The van der Waals surface area contributed by atoms with Crippen molar-refractivity contribution in [2.45, 2.75) is 12.8 Å². The summed E-state index contributed by atoms with van der Waals surface area (Å²) in [4.78, 5) is 6.76. The third-order valence-electron chi connectivity index (χ3n) is 3.98. The first-order chi connectivity index (χ1) is 11.7. The van der Waals surface area contributed by atoms with E-state index in [9.17, 15) is 0 Å². The molecular weight excluding hydrogens is 455 g/mol. The highest BCUT2D eigenvalue weighted by molar-refractivity contribution is 14.0. The number of morpholine rings is 1. The Balaban J connectivity index is 0.00000312. The number of guanidine groups is 1. The van der Waals surface area contributed by atoms with Gasteiger partial charge in [0, 0.05) is 37.7 Å². The number of aliphatic imine (C=N–C) groups is 1. The van der Waals surface area contributed by atoms with Crippen molar-refractivity contribution in [3.05, 3.63) is 28.8 Å². The molecule has 0 aliphatic carbocycles. The number of nitrogens with zero attached hydrogens (tertiary/aromatic N) is 2. The number of ether oxygens (including phenoxy) is 2. The average molecular weight is 483 g/mol. The van der Waals surface area contributed by atoms with Crippen LogP contribution in [0.3, 0.4) is 0 Å². The van der Waals surface area contributed by atoms with Crippen molar-refractivity contribution in [3.63, 3.8) is 0 Å². The van der Waals surface area contributed by atoms with Crippen LogP contribution in [0.1, 0.15) is 12.0 Å². The number of nitrogens with two attached hydrogens (primary N) is 1. The Kier molecular flexibility index (Phi) is 11.2. The first-order valence-corrected chi connectivity index (χ1v) is 8.73. The van der Waals surface area contributed by atoms with E-state index in [0.29, 0.717) is 17.5 Å². The molecule has 1 aromatic carbocycles. The minimum Gasteiger partial charge on any atom is -0.497 e. The lowest BCUT2D eigenvalue weighted by Crippen LogP contribution is -2.37. The Labute approximate surface area is 172 Å². The molecule has 2 rings (SSSR count). The number of benzene rings is 1. The third-order valence-corrected chi connectivity index (χ3v) is 4.33. The van der Waals surface area contributed by atoms with E-state index in [1.165, 1.54) is 0 Å². The average Bonchev–Trinajstić information content (AvgIpc) is 2.61. The van der Waals surface area contributed by atoms with Crippen molar-refractivity contribution >= 4 is 41.5 Å². The van der Waals surface area contributed by atoms with Crippen LogP contribution < -0.4 is 15.8 Å². The van der Waals surface area contributed by atoms with Crippen molar-refractivity contribution in [2.75, 3.05) is 53.0 Å². The van der Waals surface area contributed by atoms with Crippen LogP contribution in [0.2, 0.25) is 5.02 Å². The number of methoxy groups -OCH3 is 1. The second-order valence-corrected chi connectivity index (χ2v) is 6.12. The lowest BCUT2D eigenvalue weighted by atomic mass is 10.1. The van der Waals surface area contributed by atoms with Gasteiger partial charge in [0.05, 0.1) is 20.3 Å². The standard InChI is InChI=1S/C17H27ClN4O2.HI/c1-23-15-4-3-14(16(18)13-15)5-7-21-17(19)20-6-2-8-22-9-11-24-12-10-22;/h3-4,13H,2,5-12H2,1H3,(H3,19,20,21);1H. The molecule has 0 atom stereocenters. The van der Waals surface area contributed by atoms with Crippen LogP contribution in [0.25, 0.3) is 0 Å². The SMILES string of the molecule is COc1ccc(CCNC(N)=NCCCN2CCOCC2)c(Cl)c1.I. The van der Waals surface area contributed by atoms with Gasteiger partial charge in [0.25, 0.3) is 0 Å². The minimum atomic E-state index is 0. The van der Waals surface area contributed by atoms with Crippen molar-refractivity contribution < 1.29 is 9.47 Å². The molecule has 6 nitrogen and oxygen atoms in total. The zero-order chi connectivity index (χ0) is 17.2. The van der Waals surface area contributed by atoms with E-state index in [1.807, 2.05) is 18.2 Å². The minimum absolute atomic E-state index is 0. The predicted octanol–water partition coefficient (Wildman–Crippen LogP) is 2.14. The smallest absolute Gasteiger partial charge is 0.188 e. The van der Waals surface area contributed by atoms with Crippen molar-refractivity contribution in [1.29, 1.82) is 0 Å². The maximum absolute atomic E-state index is 6.22. The first-order valence-electron chi connectivity index (χ1n) is 8.35. The van der Waals surface area contributed by atoms with Gasteiger partial charge in [0.15, 0.2) is 5.96 Å². The van der Waals surface area contributed by atoms with Crippen LogP contribution in [-0.4, -0.2) is 63.9 Å². The number of halogens is 2. The van der Waals surface area contributed by atoms with Crippen LogP contribution in [-0.2, 0) is 11.2 Å². The van der Waals surface area contributed by atoms with Gasteiger partial charge in [-0.25, -0.2) is 0 Å². The van der Waals surface area contributed by atoms with E-state index in [4.69, 9.17) is 26.8 Å². The monoisotopic (exact) mass is 482 g/mol. The van der Waals surface area contributed by atoms with E-state index >= 15 is 0 Å². The number of rotatable bonds is 8. The quantitative estimate of drug-likeness (QED) is 0.257. The molecule has 0 spiro atoms. The molecule has 1 saturated heterocycles. The normalized spacial score (nSPS) is 15.5. The van der Waals surface area contributed by atoms with Gasteiger partial charge in [0.2, 0.25) is 0 Å². The molecule has 1 aliphatic rings. The van der Waals surface area contributed by atoms with Crippen molar-refractivity contribution in [2.24, 2.45) is 10.7 Å². The predicted molar refractivity (Wildman–Crippen MR) is 113 cm³/mol. The lowest BCUT2D eigenvalue weighted by molar-refractivity contribution is 0.0377. The molecule has 8 heteroatoms. The molecule has 0 amide bonds. The van der Waals surface area contributed by atoms with Gasteiger partial charge < -0.3 is 20.5 Å². The first kappa shape index (κ1) is 22.3. The Morgan fingerprint density at radius 1 is 1.40 bits per heavy atom. The molecule has 25 heavy (non-hydrogen) atoms. The summed E-state index contributed by atoms with van der Waals surface area (Å²) in [7, 11) is 1.63. The van der Waals surface area contributed by atoms with E-state index in [-0.39, 0.29) is 24.0 Å². The van der Waals surface area contributed by atoms with Gasteiger partial charge in [-0.3, -0.25) is 9.89 Å². The van der Waals surface area contributed by atoms with Gasteiger partial charge in [-0.05, 0) is 30.5 Å². The van der Waals surface area contributed by atoms with E-state index in [1.54, 1.807) is 7.11 Å². The number of hydrogen-bond acceptors (Lipinski definition) is 4. The Hall–Kier alpha value is -0.770. The molecular formula is C17H28ClIN4O2. The highest BCUT2D eigenvalue weighted by Gasteiger charge is 2.08. The molecule has 0 aromatic heterocycles. The van der Waals surface area contributed by atoms with E-state index in [0.717, 1.165) is 63.5 Å². The second kappa shape index (κ2) is 12.6. The van der Waals surface area contributed by atoms with Crippen LogP contribution in [0.4, 0.5) is 0 Å². The summed E-state index contributed by atoms with van der Waals surface area (Å²) in [6.45, 7) is 6.17. The highest BCUT2D eigenvalue weighted by Crippen LogP contribution is 2.22. The summed E-state index contributed by atoms with van der Waals surface area (Å²) in [5, 5.41) is 3.84. The summed E-state index contributed by atoms with van der Waals surface area (Å²) in [5.41, 5.74) is 6.95. The number of hydrogen-bond donors (Lipinski definition) is 2. The lowest BCUT2D eigenvalue weighted by Gasteiger charge is -2.26. The molecule has 0 radical (unpaired) electrons. The van der Waals surface area contributed by atoms with Crippen LogP contribution in [0, 0.1) is 0 Å². The molecule has 142 valence electrons. The highest BCUT2D eigenvalue weighted by atomic mass is 127. The molecule has 3 N–H and O–H groups in total. The zero-order valence-electron chi connectivity index (χ0n) is 14.7. The van der Waals surface area contributed by atoms with Crippen molar-refractivity contribution in [1.82, 2.24) is 10.2 Å². The fourth-order valence-electron chi connectivity index (χ4n) is 2.56. The molecule has 0 unspecified atom stereocenters. The van der Waals surface area contributed by atoms with Gasteiger partial charge >= 0.3 is 0 Å². The summed E-state index contributed by atoms with van der Waals surface area (Å²) in [6, 6.07) is 5.70. The van der Waals surface area contributed by atoms with Gasteiger partial charge in [-0.2, -0.15) is 0 Å². The molecule has 1 heterocycles. The third kappa shape index (κ3) is 8.44. The molecule has 0 saturated carbocycles. The molecule has 1 fully saturated rings. The maximum Gasteiger partial charge on any atom is 0.188 e. The molecule has 1 aliphatic heterocycles. The van der Waals surface area contributed by atoms with Crippen LogP contribution >= 0.6 is 35.6 Å².